The van der Waals surface area contributed by atoms with E-state index in [4.69, 9.17) is 5.26 Å². The maximum absolute atomic E-state index is 8.95. The number of aromatic nitrogens is 1. The second-order valence-corrected chi connectivity index (χ2v) is 3.87. The number of nitrogens with zero attached hydrogens (tertiary/aromatic N) is 2. The quantitative estimate of drug-likeness (QED) is 0.702. The van der Waals surface area contributed by atoms with Crippen molar-refractivity contribution in [3.63, 3.8) is 0 Å². The van der Waals surface area contributed by atoms with Crippen molar-refractivity contribution in [2.75, 3.05) is 0 Å². The monoisotopic (exact) mass is 196 g/mol. The summed E-state index contributed by atoms with van der Waals surface area (Å²) < 4.78 is 0. The normalized spacial score (nSPS) is 10.5. The molecule has 1 heterocycles. The van der Waals surface area contributed by atoms with Gasteiger partial charge < -0.3 is 0 Å². The third-order valence-electron chi connectivity index (χ3n) is 2.55. The molecule has 0 saturated carbocycles. The van der Waals surface area contributed by atoms with Gasteiger partial charge in [0.25, 0.3) is 0 Å². The van der Waals surface area contributed by atoms with Gasteiger partial charge in [-0.25, -0.2) is 4.98 Å². The maximum Gasteiger partial charge on any atom is 0.148 e. The molecule has 0 N–H and O–H groups in total. The van der Waals surface area contributed by atoms with Gasteiger partial charge in [-0.3, -0.25) is 0 Å². The Kier molecular flexibility index (Phi) is 2.39. The number of fused-ring (bicyclic) bond motifs is 1. The number of benzene rings is 1. The van der Waals surface area contributed by atoms with Gasteiger partial charge in [0.1, 0.15) is 11.8 Å². The summed E-state index contributed by atoms with van der Waals surface area (Å²) >= 11 is 0. The van der Waals surface area contributed by atoms with E-state index in [0.717, 1.165) is 10.8 Å². The van der Waals surface area contributed by atoms with Crippen molar-refractivity contribution in [1.29, 1.82) is 5.26 Å². The molecule has 2 nitrogen and oxygen atoms in total. The molecule has 1 aromatic heterocycles. The molecule has 0 atom stereocenters. The second kappa shape index (κ2) is 3.70. The fourth-order valence-corrected chi connectivity index (χ4v) is 1.76. The van der Waals surface area contributed by atoms with Crippen molar-refractivity contribution in [2.24, 2.45) is 0 Å². The van der Waals surface area contributed by atoms with Crippen molar-refractivity contribution >= 4 is 10.8 Å². The molecule has 0 amide bonds. The van der Waals surface area contributed by atoms with Crippen LogP contribution < -0.4 is 0 Å². The lowest BCUT2D eigenvalue weighted by Gasteiger charge is -2.09. The molecule has 0 bridgehead atoms. The SMILES string of the molecule is CC(C)c1cnc(C#N)c2ccccc12. The number of hydrogen-bond donors (Lipinski definition) is 0. The summed E-state index contributed by atoms with van der Waals surface area (Å²) in [7, 11) is 0. The van der Waals surface area contributed by atoms with Crippen molar-refractivity contribution in [3.05, 3.63) is 41.7 Å². The Hall–Kier alpha value is -1.88. The predicted molar refractivity (Wildman–Crippen MR) is 60.5 cm³/mol. The molecule has 74 valence electrons. The lowest BCUT2D eigenvalue weighted by molar-refractivity contribution is 0.868. The average molecular weight is 196 g/mol. The minimum atomic E-state index is 0.426. The predicted octanol–water partition coefficient (Wildman–Crippen LogP) is 3.23. The number of hydrogen-bond acceptors (Lipinski definition) is 2. The molecule has 0 unspecified atom stereocenters. The Labute approximate surface area is 89.2 Å². The fraction of sp³-hybridized carbons (Fsp3) is 0.231. The number of pyridine rings is 1. The molecule has 0 aliphatic carbocycles. The van der Waals surface area contributed by atoms with Crippen LogP contribution in [0, 0.1) is 11.3 Å². The Morgan fingerprint density at radius 1 is 1.20 bits per heavy atom. The summed E-state index contributed by atoms with van der Waals surface area (Å²) in [6, 6.07) is 10.1. The van der Waals surface area contributed by atoms with Crippen LogP contribution in [0.15, 0.2) is 30.5 Å². The van der Waals surface area contributed by atoms with Crippen LogP contribution in [0.2, 0.25) is 0 Å². The van der Waals surface area contributed by atoms with Crippen LogP contribution in [0.5, 0.6) is 0 Å². The molecule has 0 saturated heterocycles. The zero-order valence-corrected chi connectivity index (χ0v) is 8.86. The molecule has 1 aromatic carbocycles. The van der Waals surface area contributed by atoms with E-state index in [-0.39, 0.29) is 0 Å². The first-order chi connectivity index (χ1) is 7.24. The Morgan fingerprint density at radius 3 is 2.47 bits per heavy atom. The molecule has 0 spiro atoms. The van der Waals surface area contributed by atoms with Crippen molar-refractivity contribution in [3.8, 4) is 6.07 Å². The molecule has 2 aromatic rings. The van der Waals surface area contributed by atoms with Gasteiger partial charge in [-0.2, -0.15) is 5.26 Å². The van der Waals surface area contributed by atoms with Crippen LogP contribution in [0.4, 0.5) is 0 Å². The molecule has 15 heavy (non-hydrogen) atoms. The highest BCUT2D eigenvalue weighted by Crippen LogP contribution is 2.25. The zero-order chi connectivity index (χ0) is 10.8. The van der Waals surface area contributed by atoms with Gasteiger partial charge in [0.15, 0.2) is 0 Å². The number of rotatable bonds is 1. The van der Waals surface area contributed by atoms with Crippen LogP contribution in [0.1, 0.15) is 31.0 Å². The minimum Gasteiger partial charge on any atom is -0.245 e. The smallest absolute Gasteiger partial charge is 0.148 e. The average Bonchev–Trinajstić information content (AvgIpc) is 2.27. The molecule has 0 radical (unpaired) electrons. The van der Waals surface area contributed by atoms with Gasteiger partial charge in [0, 0.05) is 11.6 Å². The van der Waals surface area contributed by atoms with Crippen LogP contribution in [-0.2, 0) is 0 Å². The van der Waals surface area contributed by atoms with E-state index in [2.05, 4.69) is 24.9 Å². The van der Waals surface area contributed by atoms with Gasteiger partial charge in [-0.15, -0.1) is 0 Å². The first kappa shape index (κ1) is 9.67. The lowest BCUT2D eigenvalue weighted by atomic mass is 9.97. The Balaban J connectivity index is 2.85. The van der Waals surface area contributed by atoms with E-state index in [1.807, 2.05) is 30.5 Å². The van der Waals surface area contributed by atoms with Crippen LogP contribution in [0.3, 0.4) is 0 Å². The van der Waals surface area contributed by atoms with Crippen LogP contribution in [-0.4, -0.2) is 4.98 Å². The summed E-state index contributed by atoms with van der Waals surface area (Å²) in [5, 5.41) is 11.0. The molecule has 0 aliphatic heterocycles. The largest absolute Gasteiger partial charge is 0.245 e. The highest BCUT2D eigenvalue weighted by Gasteiger charge is 2.08. The van der Waals surface area contributed by atoms with E-state index in [1.54, 1.807) is 0 Å². The molecule has 0 fully saturated rings. The maximum atomic E-state index is 8.95. The third-order valence-corrected chi connectivity index (χ3v) is 2.55. The standard InChI is InChI=1S/C13H12N2/c1-9(2)12-8-15-13(7-14)11-6-4-3-5-10(11)12/h3-6,8-9H,1-2H3. The molecular formula is C13H12N2. The molecule has 2 heteroatoms. The highest BCUT2D eigenvalue weighted by atomic mass is 14.7. The minimum absolute atomic E-state index is 0.426. The fourth-order valence-electron chi connectivity index (χ4n) is 1.76. The first-order valence-corrected chi connectivity index (χ1v) is 5.01. The van der Waals surface area contributed by atoms with Crippen molar-refractivity contribution in [1.82, 2.24) is 4.98 Å². The summed E-state index contributed by atoms with van der Waals surface area (Å²) in [4.78, 5) is 4.19. The topological polar surface area (TPSA) is 36.7 Å². The molecule has 2 rings (SSSR count). The van der Waals surface area contributed by atoms with E-state index < -0.39 is 0 Å². The van der Waals surface area contributed by atoms with E-state index >= 15 is 0 Å². The highest BCUT2D eigenvalue weighted by molar-refractivity contribution is 5.89. The summed E-state index contributed by atoms with van der Waals surface area (Å²) in [6.45, 7) is 4.27. The Morgan fingerprint density at radius 2 is 1.87 bits per heavy atom. The zero-order valence-electron chi connectivity index (χ0n) is 8.86. The molecular weight excluding hydrogens is 184 g/mol. The van der Waals surface area contributed by atoms with E-state index in [0.29, 0.717) is 11.6 Å². The lowest BCUT2D eigenvalue weighted by Crippen LogP contribution is -1.94. The van der Waals surface area contributed by atoms with Crippen molar-refractivity contribution < 1.29 is 0 Å². The van der Waals surface area contributed by atoms with Gasteiger partial charge in [-0.1, -0.05) is 38.1 Å². The van der Waals surface area contributed by atoms with Crippen LogP contribution >= 0.6 is 0 Å². The third kappa shape index (κ3) is 1.57. The van der Waals surface area contributed by atoms with Crippen LogP contribution in [0.25, 0.3) is 10.8 Å². The first-order valence-electron chi connectivity index (χ1n) is 5.01. The summed E-state index contributed by atoms with van der Waals surface area (Å²) in [5.74, 6) is 0.426. The summed E-state index contributed by atoms with van der Waals surface area (Å²) in [5.41, 5.74) is 1.71. The van der Waals surface area contributed by atoms with Gasteiger partial charge >= 0.3 is 0 Å². The van der Waals surface area contributed by atoms with Gasteiger partial charge in [-0.05, 0) is 16.9 Å². The van der Waals surface area contributed by atoms with E-state index in [9.17, 15) is 0 Å². The second-order valence-electron chi connectivity index (χ2n) is 3.87. The van der Waals surface area contributed by atoms with Crippen molar-refractivity contribution in [2.45, 2.75) is 19.8 Å². The molecule has 0 aliphatic rings. The van der Waals surface area contributed by atoms with Gasteiger partial charge in [0.05, 0.1) is 0 Å². The number of nitriles is 1. The Bertz CT molecular complexity index is 536. The van der Waals surface area contributed by atoms with E-state index in [1.165, 1.54) is 5.56 Å². The van der Waals surface area contributed by atoms with Gasteiger partial charge in [0.2, 0.25) is 0 Å². The summed E-state index contributed by atoms with van der Waals surface area (Å²) in [6.07, 6.45) is 1.81.